The van der Waals surface area contributed by atoms with Gasteiger partial charge in [0.15, 0.2) is 10.6 Å². The monoisotopic (exact) mass is 259 g/mol. The molecule has 0 radical (unpaired) electrons. The Kier molecular flexibility index (Phi) is 3.10. The summed E-state index contributed by atoms with van der Waals surface area (Å²) in [5.74, 6) is -2.61. The van der Waals surface area contributed by atoms with E-state index in [4.69, 9.17) is 0 Å². The Morgan fingerprint density at radius 3 is 2.25 bits per heavy atom. The molecule has 0 fully saturated rings. The second-order valence-electron chi connectivity index (χ2n) is 2.66. The molecule has 0 heterocycles. The van der Waals surface area contributed by atoms with Gasteiger partial charge in [0.25, 0.3) is 0 Å². The van der Waals surface area contributed by atoms with Crippen molar-refractivity contribution < 1.29 is 30.7 Å². The van der Waals surface area contributed by atoms with Crippen molar-refractivity contribution in [1.82, 2.24) is 0 Å². The number of ether oxygens (including phenoxy) is 1. The predicted octanol–water partition coefficient (Wildman–Crippen LogP) is 1.37. The van der Waals surface area contributed by atoms with E-state index in [1.807, 2.05) is 0 Å². The van der Waals surface area contributed by atoms with Crippen LogP contribution in [-0.2, 0) is 10.0 Å². The van der Waals surface area contributed by atoms with Gasteiger partial charge >= 0.3 is 6.36 Å². The first kappa shape index (κ1) is 12.7. The first-order chi connectivity index (χ1) is 7.11. The quantitative estimate of drug-likeness (QED) is 0.815. The Morgan fingerprint density at radius 2 is 1.81 bits per heavy atom. The summed E-state index contributed by atoms with van der Waals surface area (Å²) in [6, 6.07) is 2.17. The molecule has 9 heteroatoms. The highest BCUT2D eigenvalue weighted by Crippen LogP contribution is 2.30. The van der Waals surface area contributed by atoms with Crippen LogP contribution in [0.2, 0.25) is 0 Å². The molecule has 1 aromatic rings. The van der Waals surface area contributed by atoms with Gasteiger partial charge in [-0.1, -0.05) is 6.07 Å². The summed E-state index contributed by atoms with van der Waals surface area (Å²) in [5, 5.41) is 4.56. The summed E-state index contributed by atoms with van der Waals surface area (Å²) in [6.45, 7) is 0. The minimum atomic E-state index is -5.13. The zero-order valence-corrected chi connectivity index (χ0v) is 8.27. The minimum absolute atomic E-state index is 0.649. The topological polar surface area (TPSA) is 69.4 Å². The van der Waals surface area contributed by atoms with Gasteiger partial charge in [0, 0.05) is 0 Å². The van der Waals surface area contributed by atoms with E-state index in [1.165, 1.54) is 0 Å². The zero-order valence-electron chi connectivity index (χ0n) is 7.45. The van der Waals surface area contributed by atoms with Crippen molar-refractivity contribution in [1.29, 1.82) is 0 Å². The highest BCUT2D eigenvalue weighted by atomic mass is 32.2. The zero-order chi connectivity index (χ0) is 12.6. The lowest BCUT2D eigenvalue weighted by Crippen LogP contribution is -2.21. The maximum Gasteiger partial charge on any atom is 0.573 e. The Bertz CT molecular complexity index is 497. The molecule has 0 aliphatic rings. The van der Waals surface area contributed by atoms with E-state index >= 15 is 0 Å². The number of hydrogen-bond acceptors (Lipinski definition) is 3. The number of rotatable bonds is 2. The van der Waals surface area contributed by atoms with Crippen LogP contribution in [0.25, 0.3) is 0 Å². The van der Waals surface area contributed by atoms with Crippen LogP contribution in [0.4, 0.5) is 17.6 Å². The fraction of sp³-hybridized carbons (Fsp3) is 0.143. The molecule has 2 N–H and O–H groups in total. The van der Waals surface area contributed by atoms with Gasteiger partial charge in [-0.3, -0.25) is 0 Å². The normalized spacial score (nSPS) is 12.6. The molecule has 16 heavy (non-hydrogen) atoms. The molecule has 0 aliphatic heterocycles. The molecule has 0 aliphatic carbocycles. The van der Waals surface area contributed by atoms with Crippen molar-refractivity contribution in [3.05, 3.63) is 24.0 Å². The summed E-state index contributed by atoms with van der Waals surface area (Å²) in [4.78, 5) is -1.33. The Balaban J connectivity index is 3.36. The van der Waals surface area contributed by atoms with Crippen LogP contribution in [0.5, 0.6) is 5.75 Å². The van der Waals surface area contributed by atoms with Crippen LogP contribution in [0.1, 0.15) is 0 Å². The largest absolute Gasteiger partial charge is 0.573 e. The summed E-state index contributed by atoms with van der Waals surface area (Å²) in [7, 11) is -4.64. The van der Waals surface area contributed by atoms with E-state index in [1.54, 1.807) is 0 Å². The Labute approximate surface area is 87.7 Å². The molecule has 0 atom stereocenters. The van der Waals surface area contributed by atoms with Gasteiger partial charge in [0.05, 0.1) is 0 Å². The van der Waals surface area contributed by atoms with Gasteiger partial charge in [-0.2, -0.15) is 0 Å². The van der Waals surface area contributed by atoms with E-state index < -0.39 is 32.8 Å². The Hall–Kier alpha value is -1.35. The number of alkyl halides is 3. The summed E-state index contributed by atoms with van der Waals surface area (Å²) >= 11 is 0. The van der Waals surface area contributed by atoms with E-state index in [9.17, 15) is 26.0 Å². The van der Waals surface area contributed by atoms with Crippen molar-refractivity contribution >= 4 is 10.0 Å². The van der Waals surface area contributed by atoms with E-state index in [2.05, 4.69) is 9.88 Å². The van der Waals surface area contributed by atoms with E-state index in [0.717, 1.165) is 6.07 Å². The molecule has 0 saturated heterocycles. The van der Waals surface area contributed by atoms with E-state index in [0.29, 0.717) is 12.1 Å². The predicted molar refractivity (Wildman–Crippen MR) is 44.5 cm³/mol. The fourth-order valence-electron chi connectivity index (χ4n) is 0.970. The lowest BCUT2D eigenvalue weighted by Gasteiger charge is -2.12. The van der Waals surface area contributed by atoms with Gasteiger partial charge in [0.2, 0.25) is 10.0 Å². The van der Waals surface area contributed by atoms with Gasteiger partial charge in [0.1, 0.15) is 5.82 Å². The van der Waals surface area contributed by atoms with Crippen molar-refractivity contribution in [3.63, 3.8) is 0 Å². The maximum atomic E-state index is 13.0. The molecule has 0 spiro atoms. The third-order valence-electron chi connectivity index (χ3n) is 1.44. The van der Waals surface area contributed by atoms with Gasteiger partial charge in [-0.15, -0.1) is 13.2 Å². The number of sulfonamides is 1. The van der Waals surface area contributed by atoms with Crippen LogP contribution in [0.15, 0.2) is 23.1 Å². The van der Waals surface area contributed by atoms with E-state index in [-0.39, 0.29) is 0 Å². The SMILES string of the molecule is NS(=O)(=O)c1c(F)cccc1OC(F)(F)F. The molecule has 0 saturated carbocycles. The third kappa shape index (κ3) is 3.07. The van der Waals surface area contributed by atoms with Crippen molar-refractivity contribution in [2.24, 2.45) is 5.14 Å². The second-order valence-corrected chi connectivity index (χ2v) is 4.16. The van der Waals surface area contributed by atoms with Crippen LogP contribution < -0.4 is 9.88 Å². The molecular weight excluding hydrogens is 254 g/mol. The molecule has 1 rings (SSSR count). The van der Waals surface area contributed by atoms with Crippen molar-refractivity contribution in [2.45, 2.75) is 11.3 Å². The molecule has 0 amide bonds. The Morgan fingerprint density at radius 1 is 1.25 bits per heavy atom. The van der Waals surface area contributed by atoms with Crippen LogP contribution in [0, 0.1) is 5.82 Å². The molecule has 4 nitrogen and oxygen atoms in total. The van der Waals surface area contributed by atoms with Crippen molar-refractivity contribution in [3.8, 4) is 5.75 Å². The molecule has 0 bridgehead atoms. The van der Waals surface area contributed by atoms with Crippen LogP contribution >= 0.6 is 0 Å². The van der Waals surface area contributed by atoms with Crippen LogP contribution in [0.3, 0.4) is 0 Å². The summed E-state index contributed by atoms with van der Waals surface area (Å²) in [6.07, 6.45) is -5.13. The number of primary sulfonamides is 1. The minimum Gasteiger partial charge on any atom is -0.404 e. The average Bonchev–Trinajstić information content (AvgIpc) is 1.97. The smallest absolute Gasteiger partial charge is 0.404 e. The van der Waals surface area contributed by atoms with Crippen LogP contribution in [-0.4, -0.2) is 14.8 Å². The fourth-order valence-corrected chi connectivity index (χ4v) is 1.70. The number of halogens is 4. The summed E-state index contributed by atoms with van der Waals surface area (Å²) < 4.78 is 73.6. The summed E-state index contributed by atoms with van der Waals surface area (Å²) in [5.41, 5.74) is 0. The molecule has 0 unspecified atom stereocenters. The number of nitrogens with two attached hydrogens (primary N) is 1. The average molecular weight is 259 g/mol. The molecule has 1 aromatic carbocycles. The van der Waals surface area contributed by atoms with Crippen molar-refractivity contribution in [2.75, 3.05) is 0 Å². The second kappa shape index (κ2) is 3.91. The number of benzene rings is 1. The molecule has 90 valence electrons. The number of hydrogen-bond donors (Lipinski definition) is 1. The first-order valence-corrected chi connectivity index (χ1v) is 5.23. The standard InChI is InChI=1S/C7H5F4NO3S/c8-4-2-1-3-5(15-7(9,10)11)6(4)16(12,13)14/h1-3H,(H2,12,13,14). The molecule has 0 aromatic heterocycles. The third-order valence-corrected chi connectivity index (χ3v) is 2.41. The molecular formula is C7H5F4NO3S. The first-order valence-electron chi connectivity index (χ1n) is 3.68. The van der Waals surface area contributed by atoms with Gasteiger partial charge in [-0.25, -0.2) is 17.9 Å². The maximum absolute atomic E-state index is 13.0. The highest BCUT2D eigenvalue weighted by molar-refractivity contribution is 7.89. The van der Waals surface area contributed by atoms with Gasteiger partial charge < -0.3 is 4.74 Å². The highest BCUT2D eigenvalue weighted by Gasteiger charge is 2.34. The lowest BCUT2D eigenvalue weighted by molar-refractivity contribution is -0.275. The van der Waals surface area contributed by atoms with Gasteiger partial charge in [-0.05, 0) is 12.1 Å². The lowest BCUT2D eigenvalue weighted by atomic mass is 10.3.